The van der Waals surface area contributed by atoms with Crippen molar-refractivity contribution < 1.29 is 9.53 Å². The maximum absolute atomic E-state index is 11.8. The number of rotatable bonds is 6. The Balaban J connectivity index is 2.67. The number of carbonyl (C=O) groups excluding carboxylic acids is 1. The summed E-state index contributed by atoms with van der Waals surface area (Å²) in [6.45, 7) is 2.12. The molecule has 0 bridgehead atoms. The molecule has 0 aromatic carbocycles. The molecule has 15 heavy (non-hydrogen) atoms. The molecule has 0 aliphatic heterocycles. The highest BCUT2D eigenvalue weighted by molar-refractivity contribution is 5.96. The average molecular weight is 210 g/mol. The minimum absolute atomic E-state index is 0.111. The highest BCUT2D eigenvalue weighted by Crippen LogP contribution is 2.19. The van der Waals surface area contributed by atoms with Crippen molar-refractivity contribution in [3.8, 4) is 5.75 Å². The Bertz CT molecular complexity index is 331. The summed E-state index contributed by atoms with van der Waals surface area (Å²) in [6, 6.07) is 0. The fraction of sp³-hybridized carbons (Fsp3) is 0.636. The second-order valence-electron chi connectivity index (χ2n) is 3.57. The van der Waals surface area contributed by atoms with Gasteiger partial charge in [-0.3, -0.25) is 9.48 Å². The van der Waals surface area contributed by atoms with E-state index in [4.69, 9.17) is 4.74 Å². The van der Waals surface area contributed by atoms with Crippen molar-refractivity contribution in [1.29, 1.82) is 0 Å². The molecule has 4 heteroatoms. The van der Waals surface area contributed by atoms with Crippen LogP contribution in [0, 0.1) is 0 Å². The van der Waals surface area contributed by atoms with Crippen LogP contribution in [-0.2, 0) is 7.05 Å². The van der Waals surface area contributed by atoms with Gasteiger partial charge in [-0.05, 0) is 6.42 Å². The van der Waals surface area contributed by atoms with Crippen LogP contribution in [0.15, 0.2) is 6.20 Å². The lowest BCUT2D eigenvalue weighted by Gasteiger charge is -2.03. The van der Waals surface area contributed by atoms with Crippen LogP contribution in [0.2, 0.25) is 0 Å². The zero-order chi connectivity index (χ0) is 11.3. The number of ether oxygens (including phenoxy) is 1. The van der Waals surface area contributed by atoms with E-state index in [1.807, 2.05) is 0 Å². The third kappa shape index (κ3) is 2.81. The summed E-state index contributed by atoms with van der Waals surface area (Å²) in [5, 5.41) is 4.01. The number of carbonyl (C=O) groups is 1. The second kappa shape index (κ2) is 5.53. The van der Waals surface area contributed by atoms with Gasteiger partial charge in [-0.2, -0.15) is 5.10 Å². The fourth-order valence-corrected chi connectivity index (χ4v) is 1.54. The molecule has 0 unspecified atom stereocenters. The number of Topliss-reactive ketones (excluding diaryl/α,β-unsaturated/α-hetero) is 1. The predicted molar refractivity (Wildman–Crippen MR) is 58.2 cm³/mol. The normalized spacial score (nSPS) is 10.3. The highest BCUT2D eigenvalue weighted by atomic mass is 16.5. The average Bonchev–Trinajstić information content (AvgIpc) is 2.59. The Morgan fingerprint density at radius 2 is 2.27 bits per heavy atom. The number of ketones is 1. The molecule has 1 rings (SSSR count). The van der Waals surface area contributed by atoms with Crippen molar-refractivity contribution in [2.45, 2.75) is 32.6 Å². The Labute approximate surface area is 90.2 Å². The molecule has 0 fully saturated rings. The monoisotopic (exact) mass is 210 g/mol. The van der Waals surface area contributed by atoms with Crippen LogP contribution in [0.1, 0.15) is 43.1 Å². The van der Waals surface area contributed by atoms with Gasteiger partial charge in [0.2, 0.25) is 0 Å². The van der Waals surface area contributed by atoms with Crippen LogP contribution in [0.4, 0.5) is 0 Å². The van der Waals surface area contributed by atoms with E-state index in [1.165, 1.54) is 0 Å². The molecule has 84 valence electrons. The molecule has 0 aliphatic carbocycles. The van der Waals surface area contributed by atoms with Gasteiger partial charge < -0.3 is 4.74 Å². The maximum Gasteiger partial charge on any atom is 0.184 e. The summed E-state index contributed by atoms with van der Waals surface area (Å²) >= 11 is 0. The first kappa shape index (κ1) is 11.8. The van der Waals surface area contributed by atoms with E-state index in [0.717, 1.165) is 19.3 Å². The summed E-state index contributed by atoms with van der Waals surface area (Å²) in [5.74, 6) is 0.680. The molecule has 0 radical (unpaired) electrons. The number of unbranched alkanes of at least 4 members (excludes halogenated alkanes) is 2. The van der Waals surface area contributed by atoms with E-state index in [-0.39, 0.29) is 5.78 Å². The van der Waals surface area contributed by atoms with Gasteiger partial charge in [0.1, 0.15) is 5.69 Å². The molecule has 1 aromatic rings. The van der Waals surface area contributed by atoms with Gasteiger partial charge in [-0.15, -0.1) is 0 Å². The summed E-state index contributed by atoms with van der Waals surface area (Å²) in [6.07, 6.45) is 5.29. The number of hydrogen-bond donors (Lipinski definition) is 0. The van der Waals surface area contributed by atoms with E-state index in [9.17, 15) is 4.79 Å². The molecule has 4 nitrogen and oxygen atoms in total. The molecule has 0 saturated heterocycles. The lowest BCUT2D eigenvalue weighted by Crippen LogP contribution is -2.08. The Hall–Kier alpha value is -1.32. The van der Waals surface area contributed by atoms with Crippen LogP contribution >= 0.6 is 0 Å². The van der Waals surface area contributed by atoms with E-state index >= 15 is 0 Å². The number of hydrogen-bond acceptors (Lipinski definition) is 3. The third-order valence-electron chi connectivity index (χ3n) is 2.40. The van der Waals surface area contributed by atoms with Gasteiger partial charge in [0.05, 0.1) is 13.3 Å². The van der Waals surface area contributed by atoms with E-state index in [2.05, 4.69) is 12.0 Å². The van der Waals surface area contributed by atoms with Gasteiger partial charge in [0.15, 0.2) is 11.5 Å². The van der Waals surface area contributed by atoms with Gasteiger partial charge in [0, 0.05) is 13.5 Å². The van der Waals surface area contributed by atoms with Crippen molar-refractivity contribution in [3.05, 3.63) is 11.9 Å². The SMILES string of the molecule is CCCCCC(=O)c1c(OC)cnn1C. The molecule has 0 aliphatic rings. The molecule has 0 atom stereocenters. The summed E-state index contributed by atoms with van der Waals surface area (Å²) in [4.78, 5) is 11.8. The van der Waals surface area contributed by atoms with Crippen LogP contribution in [-0.4, -0.2) is 22.7 Å². The molecule has 0 N–H and O–H groups in total. The third-order valence-corrected chi connectivity index (χ3v) is 2.40. The Kier molecular flexibility index (Phi) is 4.34. The second-order valence-corrected chi connectivity index (χ2v) is 3.57. The van der Waals surface area contributed by atoms with Gasteiger partial charge >= 0.3 is 0 Å². The van der Waals surface area contributed by atoms with Crippen molar-refractivity contribution in [1.82, 2.24) is 9.78 Å². The molecule has 0 saturated carbocycles. The minimum Gasteiger partial charge on any atom is -0.493 e. The largest absolute Gasteiger partial charge is 0.493 e. The number of nitrogens with zero attached hydrogens (tertiary/aromatic N) is 2. The molecular weight excluding hydrogens is 192 g/mol. The molecule has 1 heterocycles. The summed E-state index contributed by atoms with van der Waals surface area (Å²) < 4.78 is 6.67. The first-order chi connectivity index (χ1) is 7.20. The minimum atomic E-state index is 0.111. The Morgan fingerprint density at radius 3 is 2.87 bits per heavy atom. The van der Waals surface area contributed by atoms with Crippen molar-refractivity contribution >= 4 is 5.78 Å². The molecule has 0 amide bonds. The molecular formula is C11H18N2O2. The van der Waals surface area contributed by atoms with Crippen LogP contribution in [0.5, 0.6) is 5.75 Å². The predicted octanol–water partition coefficient (Wildman–Crippen LogP) is 2.19. The van der Waals surface area contributed by atoms with Gasteiger partial charge in [-0.1, -0.05) is 19.8 Å². The smallest absolute Gasteiger partial charge is 0.184 e. The van der Waals surface area contributed by atoms with Crippen LogP contribution < -0.4 is 4.74 Å². The lowest BCUT2D eigenvalue weighted by molar-refractivity contribution is 0.0967. The zero-order valence-electron chi connectivity index (χ0n) is 9.62. The first-order valence-electron chi connectivity index (χ1n) is 5.29. The van der Waals surface area contributed by atoms with E-state index in [1.54, 1.807) is 25.0 Å². The number of aromatic nitrogens is 2. The number of aryl methyl sites for hydroxylation is 1. The zero-order valence-corrected chi connectivity index (χ0v) is 9.62. The van der Waals surface area contributed by atoms with Crippen molar-refractivity contribution in [2.75, 3.05) is 7.11 Å². The van der Waals surface area contributed by atoms with Crippen molar-refractivity contribution in [2.24, 2.45) is 7.05 Å². The molecule has 1 aromatic heterocycles. The van der Waals surface area contributed by atoms with Crippen LogP contribution in [0.3, 0.4) is 0 Å². The van der Waals surface area contributed by atoms with E-state index < -0.39 is 0 Å². The quantitative estimate of drug-likeness (QED) is 0.534. The summed E-state index contributed by atoms with van der Waals surface area (Å²) in [7, 11) is 3.31. The number of methoxy groups -OCH3 is 1. The topological polar surface area (TPSA) is 44.1 Å². The van der Waals surface area contributed by atoms with Gasteiger partial charge in [-0.25, -0.2) is 0 Å². The van der Waals surface area contributed by atoms with Crippen molar-refractivity contribution in [3.63, 3.8) is 0 Å². The lowest BCUT2D eigenvalue weighted by atomic mass is 10.1. The molecule has 0 spiro atoms. The van der Waals surface area contributed by atoms with Gasteiger partial charge in [0.25, 0.3) is 0 Å². The summed E-state index contributed by atoms with van der Waals surface area (Å²) in [5.41, 5.74) is 0.577. The van der Waals surface area contributed by atoms with Crippen LogP contribution in [0.25, 0.3) is 0 Å². The standard InChI is InChI=1S/C11H18N2O2/c1-4-5-6-7-9(14)11-10(15-3)8-12-13(11)2/h8H,4-7H2,1-3H3. The maximum atomic E-state index is 11.8. The highest BCUT2D eigenvalue weighted by Gasteiger charge is 2.16. The fourth-order valence-electron chi connectivity index (χ4n) is 1.54. The first-order valence-corrected chi connectivity index (χ1v) is 5.29. The Morgan fingerprint density at radius 1 is 1.53 bits per heavy atom. The van der Waals surface area contributed by atoms with E-state index in [0.29, 0.717) is 17.9 Å².